The number of aryl methyl sites for hydroxylation is 1. The number of primary amides is 1. The molecule has 3 rings (SSSR count). The van der Waals surface area contributed by atoms with Crippen LogP contribution in [0, 0.1) is 0 Å². The van der Waals surface area contributed by atoms with Gasteiger partial charge in [0, 0.05) is 16.8 Å². The molecule has 0 saturated heterocycles. The lowest BCUT2D eigenvalue weighted by molar-refractivity contribution is 0.0993. The van der Waals surface area contributed by atoms with Crippen molar-refractivity contribution in [2.45, 2.75) is 19.4 Å². The van der Waals surface area contributed by atoms with E-state index >= 15 is 0 Å². The number of hydrogen-bond donors (Lipinski definition) is 3. The van der Waals surface area contributed by atoms with Crippen LogP contribution in [0.1, 0.15) is 21.7 Å². The van der Waals surface area contributed by atoms with Crippen LogP contribution >= 0.6 is 0 Å². The maximum Gasteiger partial charge on any atom is 0.269 e. The van der Waals surface area contributed by atoms with Gasteiger partial charge in [-0.1, -0.05) is 0 Å². The summed E-state index contributed by atoms with van der Waals surface area (Å²) in [6.07, 6.45) is 3.20. The Balaban J connectivity index is 2.23. The summed E-state index contributed by atoms with van der Waals surface area (Å²) in [5, 5.41) is 20.2. The second-order valence-corrected chi connectivity index (χ2v) is 4.25. The van der Waals surface area contributed by atoms with Gasteiger partial charge in [-0.2, -0.15) is 10.2 Å². The molecule has 7 nitrogen and oxygen atoms in total. The summed E-state index contributed by atoms with van der Waals surface area (Å²) < 4.78 is 1.63. The minimum absolute atomic E-state index is 0.0422. The van der Waals surface area contributed by atoms with Gasteiger partial charge >= 0.3 is 0 Å². The summed E-state index contributed by atoms with van der Waals surface area (Å²) >= 11 is 0. The van der Waals surface area contributed by atoms with Crippen LogP contribution in [-0.4, -0.2) is 37.6 Å². The lowest BCUT2D eigenvalue weighted by Gasteiger charge is -2.13. The number of aliphatic hydroxyl groups excluding tert-OH is 1. The topological polar surface area (TPSA) is 110 Å². The second-order valence-electron chi connectivity index (χ2n) is 4.25. The Kier molecular flexibility index (Phi) is 2.41. The molecule has 0 saturated carbocycles. The molecule has 7 heteroatoms. The molecule has 4 N–H and O–H groups in total. The van der Waals surface area contributed by atoms with Crippen molar-refractivity contribution in [3.05, 3.63) is 23.1 Å². The fraction of sp³-hybridized carbons (Fsp3) is 0.364. The lowest BCUT2D eigenvalue weighted by atomic mass is 9.94. The van der Waals surface area contributed by atoms with Gasteiger partial charge in [0.15, 0.2) is 5.69 Å². The van der Waals surface area contributed by atoms with Crippen LogP contribution in [0.15, 0.2) is 6.20 Å². The summed E-state index contributed by atoms with van der Waals surface area (Å²) in [5.41, 5.74) is 9.29. The number of nitrogens with two attached hydrogens (primary N) is 1. The number of fused-ring (bicyclic) bond motifs is 3. The maximum atomic E-state index is 11.4. The van der Waals surface area contributed by atoms with Gasteiger partial charge in [0.2, 0.25) is 0 Å². The van der Waals surface area contributed by atoms with E-state index in [1.165, 1.54) is 0 Å². The molecule has 2 heterocycles. The van der Waals surface area contributed by atoms with Gasteiger partial charge in [0.25, 0.3) is 5.91 Å². The monoisotopic (exact) mass is 247 g/mol. The minimum Gasteiger partial charge on any atom is -0.394 e. The quantitative estimate of drug-likeness (QED) is 0.676. The first kappa shape index (κ1) is 11.0. The predicted octanol–water partition coefficient (Wildman–Crippen LogP) is -0.537. The molecule has 1 aliphatic carbocycles. The Morgan fingerprint density at radius 1 is 1.56 bits per heavy atom. The van der Waals surface area contributed by atoms with E-state index in [4.69, 9.17) is 10.8 Å². The van der Waals surface area contributed by atoms with Crippen LogP contribution in [0.4, 0.5) is 0 Å². The molecule has 0 bridgehead atoms. The van der Waals surface area contributed by atoms with E-state index in [1.54, 1.807) is 10.9 Å². The summed E-state index contributed by atoms with van der Waals surface area (Å²) in [5.74, 6) is -0.533. The van der Waals surface area contributed by atoms with E-state index in [2.05, 4.69) is 15.3 Å². The predicted molar refractivity (Wildman–Crippen MR) is 62.8 cm³/mol. The first-order valence-electron chi connectivity index (χ1n) is 5.75. The average molecular weight is 247 g/mol. The molecule has 0 spiro atoms. The van der Waals surface area contributed by atoms with Crippen LogP contribution in [-0.2, 0) is 19.4 Å². The zero-order valence-electron chi connectivity index (χ0n) is 9.68. The molecule has 1 amide bonds. The highest BCUT2D eigenvalue weighted by atomic mass is 16.3. The number of hydrogen-bond acceptors (Lipinski definition) is 4. The van der Waals surface area contributed by atoms with E-state index in [1.807, 2.05) is 0 Å². The zero-order valence-corrected chi connectivity index (χ0v) is 9.68. The van der Waals surface area contributed by atoms with Crippen LogP contribution in [0.3, 0.4) is 0 Å². The Morgan fingerprint density at radius 3 is 3.11 bits per heavy atom. The van der Waals surface area contributed by atoms with E-state index in [0.29, 0.717) is 18.7 Å². The Morgan fingerprint density at radius 2 is 2.39 bits per heavy atom. The molecule has 0 aromatic carbocycles. The van der Waals surface area contributed by atoms with E-state index < -0.39 is 5.91 Å². The Bertz CT molecular complexity index is 613. The van der Waals surface area contributed by atoms with Crippen LogP contribution in [0.5, 0.6) is 0 Å². The number of rotatable bonds is 3. The lowest BCUT2D eigenvalue weighted by Crippen LogP contribution is -2.15. The highest BCUT2D eigenvalue weighted by Crippen LogP contribution is 2.34. The van der Waals surface area contributed by atoms with E-state index in [9.17, 15) is 4.79 Å². The maximum absolute atomic E-state index is 11.4. The molecule has 0 fully saturated rings. The number of aromatic amines is 1. The molecule has 2 aromatic rings. The van der Waals surface area contributed by atoms with Crippen molar-refractivity contribution in [3.8, 4) is 11.3 Å². The number of H-pyrrole nitrogens is 1. The fourth-order valence-corrected chi connectivity index (χ4v) is 2.45. The van der Waals surface area contributed by atoms with Crippen molar-refractivity contribution in [1.29, 1.82) is 0 Å². The van der Waals surface area contributed by atoms with Crippen LogP contribution < -0.4 is 5.73 Å². The summed E-state index contributed by atoms with van der Waals surface area (Å²) in [4.78, 5) is 11.4. The smallest absolute Gasteiger partial charge is 0.269 e. The van der Waals surface area contributed by atoms with E-state index in [-0.39, 0.29) is 6.61 Å². The Hall–Kier alpha value is -2.15. The summed E-state index contributed by atoms with van der Waals surface area (Å²) in [6.45, 7) is 0.291. The van der Waals surface area contributed by atoms with E-state index in [0.717, 1.165) is 28.9 Å². The van der Waals surface area contributed by atoms with Gasteiger partial charge in [0.05, 0.1) is 25.0 Å². The number of aliphatic hydroxyl groups is 1. The fourth-order valence-electron chi connectivity index (χ4n) is 2.45. The van der Waals surface area contributed by atoms with Crippen molar-refractivity contribution in [3.63, 3.8) is 0 Å². The summed E-state index contributed by atoms with van der Waals surface area (Å²) in [6, 6.07) is 0. The highest BCUT2D eigenvalue weighted by molar-refractivity contribution is 5.94. The number of carbonyl (C=O) groups excluding carboxylic acids is 1. The van der Waals surface area contributed by atoms with Gasteiger partial charge in [-0.25, -0.2) is 0 Å². The van der Waals surface area contributed by atoms with Crippen molar-refractivity contribution in [1.82, 2.24) is 20.0 Å². The number of amides is 1. The third-order valence-corrected chi connectivity index (χ3v) is 3.19. The molecule has 2 aromatic heterocycles. The zero-order chi connectivity index (χ0) is 12.7. The summed E-state index contributed by atoms with van der Waals surface area (Å²) in [7, 11) is 0. The number of nitrogens with one attached hydrogen (secondary N) is 1. The van der Waals surface area contributed by atoms with Crippen LogP contribution in [0.25, 0.3) is 11.3 Å². The van der Waals surface area contributed by atoms with Gasteiger partial charge in [-0.05, 0) is 12.8 Å². The van der Waals surface area contributed by atoms with Crippen molar-refractivity contribution < 1.29 is 9.90 Å². The van der Waals surface area contributed by atoms with Crippen LogP contribution in [0.2, 0.25) is 0 Å². The minimum atomic E-state index is -0.533. The van der Waals surface area contributed by atoms with Crippen molar-refractivity contribution in [2.75, 3.05) is 6.61 Å². The molecule has 0 aliphatic heterocycles. The van der Waals surface area contributed by atoms with Gasteiger partial charge < -0.3 is 10.8 Å². The molecular formula is C11H13N5O2. The second kappa shape index (κ2) is 3.95. The molecule has 0 radical (unpaired) electrons. The third-order valence-electron chi connectivity index (χ3n) is 3.19. The highest BCUT2D eigenvalue weighted by Gasteiger charge is 2.28. The molecule has 0 unspecified atom stereocenters. The van der Waals surface area contributed by atoms with Gasteiger partial charge in [-0.3, -0.25) is 14.6 Å². The number of nitrogens with zero attached hydrogens (tertiary/aromatic N) is 3. The van der Waals surface area contributed by atoms with Crippen molar-refractivity contribution in [2.24, 2.45) is 5.73 Å². The molecule has 1 aliphatic rings. The molecular weight excluding hydrogens is 234 g/mol. The Labute approximate surface area is 103 Å². The SMILES string of the molecule is NC(=O)c1nn(CCO)c2c1CCc1[nH]ncc1-2. The molecule has 94 valence electrons. The van der Waals surface area contributed by atoms with Crippen molar-refractivity contribution >= 4 is 5.91 Å². The number of carbonyl (C=O) groups is 1. The van der Waals surface area contributed by atoms with Gasteiger partial charge in [-0.15, -0.1) is 0 Å². The first-order valence-corrected chi connectivity index (χ1v) is 5.75. The third kappa shape index (κ3) is 1.44. The molecule has 18 heavy (non-hydrogen) atoms. The standard InChI is InChI=1S/C11H13N5O2/c12-11(18)9-6-1-2-8-7(5-13-14-8)10(6)16(15-9)3-4-17/h5,17H,1-4H2,(H2,12,18)(H,13,14). The largest absolute Gasteiger partial charge is 0.394 e. The first-order chi connectivity index (χ1) is 8.72. The van der Waals surface area contributed by atoms with Gasteiger partial charge in [0.1, 0.15) is 0 Å². The number of aromatic nitrogens is 4. The normalized spacial score (nSPS) is 13.2. The molecule has 0 atom stereocenters. The average Bonchev–Trinajstić information content (AvgIpc) is 2.92.